The molecule has 0 saturated heterocycles. The Morgan fingerprint density at radius 3 is 0.952 bits per heavy atom. The van der Waals surface area contributed by atoms with Gasteiger partial charge >= 0.3 is 11.9 Å². The third-order valence-electron chi connectivity index (χ3n) is 16.6. The molecule has 0 heterocycles. The molecular weight excluding hydrogens is 1060 g/mol. The van der Waals surface area contributed by atoms with Gasteiger partial charge in [-0.1, -0.05) is 326 Å². The molecule has 0 spiro atoms. The Morgan fingerprint density at radius 1 is 0.369 bits per heavy atom. The summed E-state index contributed by atoms with van der Waals surface area (Å²) < 4.78 is 34.3. The molecule has 0 bridgehead atoms. The maximum absolute atomic E-state index is 12.9. The molecule has 496 valence electrons. The first-order valence-electron chi connectivity index (χ1n) is 36.7. The minimum absolute atomic E-state index is 0.0290. The van der Waals surface area contributed by atoms with Crippen LogP contribution in [0.1, 0.15) is 373 Å². The number of ether oxygens (including phenoxy) is 2. The molecule has 10 heteroatoms. The van der Waals surface area contributed by atoms with E-state index in [0.29, 0.717) is 17.4 Å². The summed E-state index contributed by atoms with van der Waals surface area (Å²) in [6.45, 7) is 4.29. The summed E-state index contributed by atoms with van der Waals surface area (Å²) in [6.07, 6.45) is 83.9. The number of nitrogens with zero attached hydrogens (tertiary/aromatic N) is 1. The van der Waals surface area contributed by atoms with Gasteiger partial charge in [0.15, 0.2) is 6.10 Å². The van der Waals surface area contributed by atoms with Gasteiger partial charge in [-0.05, 0) is 70.6 Å². The van der Waals surface area contributed by atoms with Crippen LogP contribution in [0.4, 0.5) is 0 Å². The molecule has 2 unspecified atom stereocenters. The maximum atomic E-state index is 12.9. The highest BCUT2D eigenvalue weighted by molar-refractivity contribution is 7.45. The molecule has 84 heavy (non-hydrogen) atoms. The molecule has 0 N–H and O–H groups in total. The minimum atomic E-state index is -4.64. The first kappa shape index (κ1) is 82.2. The summed E-state index contributed by atoms with van der Waals surface area (Å²) in [5.41, 5.74) is 0. The lowest BCUT2D eigenvalue weighted by Crippen LogP contribution is -2.37. The number of phosphoric acid groups is 1. The van der Waals surface area contributed by atoms with Crippen molar-refractivity contribution in [2.45, 2.75) is 380 Å². The summed E-state index contributed by atoms with van der Waals surface area (Å²) in [5.74, 6) is -0.816. The van der Waals surface area contributed by atoms with Crippen LogP contribution in [-0.4, -0.2) is 70.0 Å². The molecule has 2 atom stereocenters. The van der Waals surface area contributed by atoms with Gasteiger partial charge in [0.05, 0.1) is 27.7 Å². The van der Waals surface area contributed by atoms with Gasteiger partial charge in [0.1, 0.15) is 19.8 Å². The van der Waals surface area contributed by atoms with Gasteiger partial charge < -0.3 is 27.9 Å². The number of carbonyl (C=O) groups excluding carboxylic acids is 2. The monoisotopic (exact) mass is 1200 g/mol. The Labute approximate surface area is 522 Å². The van der Waals surface area contributed by atoms with E-state index < -0.39 is 26.5 Å². The van der Waals surface area contributed by atoms with Crippen LogP contribution in [0.5, 0.6) is 0 Å². The van der Waals surface area contributed by atoms with Crippen LogP contribution in [0.2, 0.25) is 0 Å². The lowest BCUT2D eigenvalue weighted by Gasteiger charge is -2.28. The van der Waals surface area contributed by atoms with E-state index in [-0.39, 0.29) is 32.0 Å². The number of hydrogen-bond donors (Lipinski definition) is 0. The second kappa shape index (κ2) is 65.7. The van der Waals surface area contributed by atoms with E-state index in [1.54, 1.807) is 0 Å². The number of unbranched alkanes of at least 4 members (excludes halogenated alkanes) is 49. The molecule has 0 aliphatic rings. The van der Waals surface area contributed by atoms with Gasteiger partial charge in [-0.25, -0.2) is 0 Å². The maximum Gasteiger partial charge on any atom is 0.306 e. The van der Waals surface area contributed by atoms with Crippen molar-refractivity contribution in [2.24, 2.45) is 0 Å². The second-order valence-electron chi connectivity index (χ2n) is 26.3. The highest BCUT2D eigenvalue weighted by atomic mass is 31.2. The molecule has 9 nitrogen and oxygen atoms in total. The van der Waals surface area contributed by atoms with E-state index in [0.717, 1.165) is 44.9 Å². The minimum Gasteiger partial charge on any atom is -0.756 e. The van der Waals surface area contributed by atoms with E-state index in [1.807, 2.05) is 21.1 Å². The zero-order chi connectivity index (χ0) is 61.2. The van der Waals surface area contributed by atoms with Crippen molar-refractivity contribution in [2.75, 3.05) is 47.5 Å². The second-order valence-corrected chi connectivity index (χ2v) is 27.7. The van der Waals surface area contributed by atoms with Crippen molar-refractivity contribution in [1.82, 2.24) is 0 Å². The number of esters is 2. The van der Waals surface area contributed by atoms with Crippen LogP contribution >= 0.6 is 7.82 Å². The van der Waals surface area contributed by atoms with Crippen LogP contribution in [0, 0.1) is 0 Å². The van der Waals surface area contributed by atoms with Gasteiger partial charge in [-0.15, -0.1) is 0 Å². The molecule has 0 amide bonds. The van der Waals surface area contributed by atoms with Crippen LogP contribution in [0.25, 0.3) is 0 Å². The Balaban J connectivity index is 3.92. The molecule has 0 radical (unpaired) electrons. The van der Waals surface area contributed by atoms with Gasteiger partial charge in [-0.2, -0.15) is 0 Å². The van der Waals surface area contributed by atoms with E-state index in [9.17, 15) is 19.0 Å². The Kier molecular flexibility index (Phi) is 64.3. The van der Waals surface area contributed by atoms with Crippen molar-refractivity contribution in [3.05, 3.63) is 36.5 Å². The summed E-state index contributed by atoms with van der Waals surface area (Å²) in [6, 6.07) is 0. The first-order valence-corrected chi connectivity index (χ1v) is 38.2. The number of phosphoric ester groups is 1. The van der Waals surface area contributed by atoms with Gasteiger partial charge in [0, 0.05) is 12.8 Å². The van der Waals surface area contributed by atoms with Gasteiger partial charge in [-0.3, -0.25) is 14.2 Å². The van der Waals surface area contributed by atoms with Crippen LogP contribution in [-0.2, 0) is 32.7 Å². The lowest BCUT2D eigenvalue weighted by molar-refractivity contribution is -0.870. The zero-order valence-corrected chi connectivity index (χ0v) is 57.5. The SMILES string of the molecule is CCCCCCC/C=C\C/C=C\CCCCCCCCCCCCCC(=O)OC(COC(=O)CCCCCCCCCCCCCCCCCCCCCCCCCCC/C=C\CCCCCCCCCC)COP(=O)([O-])OCC[N+](C)(C)C. The van der Waals surface area contributed by atoms with Crippen LogP contribution < -0.4 is 4.89 Å². The van der Waals surface area contributed by atoms with E-state index in [2.05, 4.69) is 50.3 Å². The molecule has 0 aliphatic carbocycles. The van der Waals surface area contributed by atoms with E-state index >= 15 is 0 Å². The third-order valence-corrected chi connectivity index (χ3v) is 17.6. The summed E-state index contributed by atoms with van der Waals surface area (Å²) >= 11 is 0. The lowest BCUT2D eigenvalue weighted by atomic mass is 10.0. The highest BCUT2D eigenvalue weighted by Gasteiger charge is 2.22. The zero-order valence-electron chi connectivity index (χ0n) is 56.6. The van der Waals surface area contributed by atoms with Crippen molar-refractivity contribution < 1.29 is 42.1 Å². The smallest absolute Gasteiger partial charge is 0.306 e. The molecule has 0 saturated carbocycles. The number of carbonyl (C=O) groups is 2. The number of hydrogen-bond acceptors (Lipinski definition) is 8. The number of quaternary nitrogens is 1. The fourth-order valence-electron chi connectivity index (χ4n) is 11.0. The quantitative estimate of drug-likeness (QED) is 0.0195. The molecule has 0 fully saturated rings. The summed E-state index contributed by atoms with van der Waals surface area (Å²) in [5, 5.41) is 0. The van der Waals surface area contributed by atoms with Gasteiger partial charge in [0.2, 0.25) is 0 Å². The predicted octanol–water partition coefficient (Wildman–Crippen LogP) is 23.2. The molecular formula is C74H142NO8P. The predicted molar refractivity (Wildman–Crippen MR) is 361 cm³/mol. The van der Waals surface area contributed by atoms with Crippen molar-refractivity contribution in [3.63, 3.8) is 0 Å². The number of rotatable bonds is 69. The molecule has 0 aromatic heterocycles. The summed E-state index contributed by atoms with van der Waals surface area (Å²) in [4.78, 5) is 38.1. The average molecular weight is 1200 g/mol. The van der Waals surface area contributed by atoms with E-state index in [4.69, 9.17) is 18.5 Å². The van der Waals surface area contributed by atoms with Crippen LogP contribution in [0.3, 0.4) is 0 Å². The Bertz CT molecular complexity index is 1510. The first-order chi connectivity index (χ1) is 41.0. The molecule has 0 aromatic carbocycles. The van der Waals surface area contributed by atoms with Crippen molar-refractivity contribution >= 4 is 19.8 Å². The standard InChI is InChI=1S/C74H142NO8P/c1-6-8-10-12-14-16-18-20-22-24-26-28-30-31-32-33-34-35-36-37-38-39-40-41-42-43-45-46-48-50-52-54-56-58-60-62-64-66-73(76)80-70-72(71-82-84(78,79)81-69-68-75(3,4)5)83-74(77)67-65-63-61-59-57-55-53-51-49-47-44-29-27-25-23-21-19-17-15-13-11-9-7-2/h19,21,24-27,72H,6-18,20,22-23,28-71H2,1-5H3/b21-19-,26-24-,27-25-. The Morgan fingerprint density at radius 2 is 0.643 bits per heavy atom. The summed E-state index contributed by atoms with van der Waals surface area (Å²) in [7, 11) is 1.18. The fraction of sp³-hybridized carbons (Fsp3) is 0.892. The van der Waals surface area contributed by atoms with Gasteiger partial charge in [0.25, 0.3) is 7.82 Å². The Hall–Kier alpha value is -1.77. The molecule has 0 aliphatic heterocycles. The largest absolute Gasteiger partial charge is 0.756 e. The van der Waals surface area contributed by atoms with E-state index in [1.165, 1.54) is 295 Å². The topological polar surface area (TPSA) is 111 Å². The van der Waals surface area contributed by atoms with Crippen molar-refractivity contribution in [3.8, 4) is 0 Å². The number of allylic oxidation sites excluding steroid dienone is 6. The third kappa shape index (κ3) is 69.3. The molecule has 0 rings (SSSR count). The normalized spacial score (nSPS) is 13.3. The highest BCUT2D eigenvalue weighted by Crippen LogP contribution is 2.38. The van der Waals surface area contributed by atoms with Crippen LogP contribution in [0.15, 0.2) is 36.5 Å². The number of likely N-dealkylation sites (N-methyl/N-ethyl adjacent to an activating group) is 1. The average Bonchev–Trinajstić information content (AvgIpc) is 3.61. The fourth-order valence-corrected chi connectivity index (χ4v) is 11.7. The molecule has 0 aromatic rings. The van der Waals surface area contributed by atoms with Crippen molar-refractivity contribution in [1.29, 1.82) is 0 Å².